The lowest BCUT2D eigenvalue weighted by atomic mass is 9.99. The minimum Gasteiger partial charge on any atom is -0.465 e. The number of hydrogen-bond acceptors (Lipinski definition) is 6. The van der Waals surface area contributed by atoms with E-state index in [0.29, 0.717) is 37.2 Å². The Morgan fingerprint density at radius 1 is 1.27 bits per heavy atom. The van der Waals surface area contributed by atoms with E-state index in [1.807, 2.05) is 20.8 Å². The van der Waals surface area contributed by atoms with Gasteiger partial charge in [0, 0.05) is 26.7 Å². The van der Waals surface area contributed by atoms with E-state index in [1.54, 1.807) is 14.0 Å². The van der Waals surface area contributed by atoms with Crippen molar-refractivity contribution in [2.24, 2.45) is 5.92 Å². The monoisotopic (exact) mass is 440 g/mol. The molecule has 0 aromatic heterocycles. The lowest BCUT2D eigenvalue weighted by Crippen LogP contribution is -2.45. The second-order valence-corrected chi connectivity index (χ2v) is 10.6. The zero-order valence-electron chi connectivity index (χ0n) is 18.6. The number of piperidine rings is 1. The maximum absolute atomic E-state index is 13.2. The van der Waals surface area contributed by atoms with Crippen LogP contribution in [-0.4, -0.2) is 69.1 Å². The largest absolute Gasteiger partial charge is 0.465 e. The van der Waals surface area contributed by atoms with E-state index in [1.165, 1.54) is 34.5 Å². The highest BCUT2D eigenvalue weighted by atomic mass is 32.2. The maximum Gasteiger partial charge on any atom is 0.410 e. The van der Waals surface area contributed by atoms with Gasteiger partial charge in [-0.05, 0) is 70.2 Å². The van der Waals surface area contributed by atoms with Crippen LogP contribution in [0.15, 0.2) is 23.1 Å². The lowest BCUT2D eigenvalue weighted by Gasteiger charge is -2.34. The molecule has 2 rings (SSSR count). The molecule has 0 bridgehead atoms. The molecule has 0 aliphatic carbocycles. The molecule has 0 spiro atoms. The van der Waals surface area contributed by atoms with Crippen molar-refractivity contribution in [1.82, 2.24) is 9.21 Å². The Bertz CT molecular complexity index is 891. The Morgan fingerprint density at radius 3 is 2.50 bits per heavy atom. The van der Waals surface area contributed by atoms with Crippen LogP contribution < -0.4 is 0 Å². The summed E-state index contributed by atoms with van der Waals surface area (Å²) >= 11 is 0. The van der Waals surface area contributed by atoms with Gasteiger partial charge in [-0.15, -0.1) is 0 Å². The molecule has 0 N–H and O–H groups in total. The Balaban J connectivity index is 2.12. The molecule has 168 valence electrons. The Kier molecular flexibility index (Phi) is 7.52. The van der Waals surface area contributed by atoms with E-state index in [9.17, 15) is 18.0 Å². The number of carbonyl (C=O) groups is 2. The fourth-order valence-electron chi connectivity index (χ4n) is 3.52. The van der Waals surface area contributed by atoms with Crippen molar-refractivity contribution in [3.8, 4) is 0 Å². The minimum atomic E-state index is -3.71. The van der Waals surface area contributed by atoms with Gasteiger partial charge in [0.25, 0.3) is 0 Å². The molecule has 0 saturated carbocycles. The molecule has 1 fully saturated rings. The molecular formula is C21H32N2O6S. The van der Waals surface area contributed by atoms with Gasteiger partial charge < -0.3 is 14.4 Å². The number of sulfonamides is 1. The van der Waals surface area contributed by atoms with Crippen LogP contribution in [0.2, 0.25) is 0 Å². The Morgan fingerprint density at radius 2 is 1.93 bits per heavy atom. The molecule has 1 atom stereocenters. The van der Waals surface area contributed by atoms with Crippen LogP contribution >= 0.6 is 0 Å². The molecule has 1 unspecified atom stereocenters. The van der Waals surface area contributed by atoms with Crippen LogP contribution in [0, 0.1) is 12.8 Å². The number of methoxy groups -OCH3 is 1. The van der Waals surface area contributed by atoms with Crippen molar-refractivity contribution in [3.05, 3.63) is 29.3 Å². The summed E-state index contributed by atoms with van der Waals surface area (Å²) in [5, 5.41) is 0. The predicted molar refractivity (Wildman–Crippen MR) is 113 cm³/mol. The van der Waals surface area contributed by atoms with E-state index in [-0.39, 0.29) is 10.8 Å². The number of esters is 1. The predicted octanol–water partition coefficient (Wildman–Crippen LogP) is 3.05. The summed E-state index contributed by atoms with van der Waals surface area (Å²) in [5.41, 5.74) is 0.219. The topological polar surface area (TPSA) is 93.2 Å². The molecule has 8 nitrogen and oxygen atoms in total. The van der Waals surface area contributed by atoms with Crippen LogP contribution in [0.4, 0.5) is 4.79 Å². The number of rotatable bonds is 5. The number of nitrogens with zero attached hydrogens (tertiary/aromatic N) is 2. The van der Waals surface area contributed by atoms with Crippen LogP contribution in [0.5, 0.6) is 0 Å². The van der Waals surface area contributed by atoms with Crippen molar-refractivity contribution in [2.75, 3.05) is 33.8 Å². The third-order valence-corrected chi connectivity index (χ3v) is 6.96. The molecule has 1 aliphatic rings. The SMILES string of the molecule is COC(=O)c1ccc(S(=O)(=O)N2CCCC(CN(C)C(=O)OC(C)(C)C)C2)c(C)c1. The van der Waals surface area contributed by atoms with Crippen LogP contribution in [0.3, 0.4) is 0 Å². The van der Waals surface area contributed by atoms with Crippen molar-refractivity contribution in [1.29, 1.82) is 0 Å². The van der Waals surface area contributed by atoms with E-state index < -0.39 is 27.7 Å². The summed E-state index contributed by atoms with van der Waals surface area (Å²) in [4.78, 5) is 25.6. The van der Waals surface area contributed by atoms with E-state index in [4.69, 9.17) is 9.47 Å². The van der Waals surface area contributed by atoms with Gasteiger partial charge in [-0.1, -0.05) is 0 Å². The number of hydrogen-bond donors (Lipinski definition) is 0. The Hall–Kier alpha value is -2.13. The maximum atomic E-state index is 13.2. The van der Waals surface area contributed by atoms with Gasteiger partial charge >= 0.3 is 12.1 Å². The van der Waals surface area contributed by atoms with Crippen LogP contribution in [-0.2, 0) is 19.5 Å². The molecule has 1 saturated heterocycles. The molecule has 1 heterocycles. The molecule has 0 radical (unpaired) electrons. The van der Waals surface area contributed by atoms with Gasteiger partial charge in [-0.3, -0.25) is 0 Å². The second-order valence-electron chi connectivity index (χ2n) is 8.70. The number of amides is 1. The Labute approximate surface area is 179 Å². The molecule has 1 aromatic carbocycles. The molecule has 9 heteroatoms. The fourth-order valence-corrected chi connectivity index (χ4v) is 5.28. The normalized spacial score (nSPS) is 18.0. The van der Waals surface area contributed by atoms with Crippen molar-refractivity contribution in [3.63, 3.8) is 0 Å². The number of benzene rings is 1. The summed E-state index contributed by atoms with van der Waals surface area (Å²) in [6, 6.07) is 4.44. The van der Waals surface area contributed by atoms with Crippen molar-refractivity contribution in [2.45, 2.75) is 51.0 Å². The van der Waals surface area contributed by atoms with Gasteiger partial charge in [-0.2, -0.15) is 4.31 Å². The van der Waals surface area contributed by atoms with Gasteiger partial charge in [0.1, 0.15) is 5.60 Å². The van der Waals surface area contributed by atoms with E-state index in [0.717, 1.165) is 6.42 Å². The highest BCUT2D eigenvalue weighted by Gasteiger charge is 2.33. The molecule has 1 aliphatic heterocycles. The van der Waals surface area contributed by atoms with Gasteiger partial charge in [-0.25, -0.2) is 18.0 Å². The molecule has 1 aromatic rings. The quantitative estimate of drug-likeness (QED) is 0.654. The van der Waals surface area contributed by atoms with Gasteiger partial charge in [0.05, 0.1) is 17.6 Å². The molecular weight excluding hydrogens is 408 g/mol. The molecule has 30 heavy (non-hydrogen) atoms. The first kappa shape index (κ1) is 24.1. The third kappa shape index (κ3) is 5.95. The van der Waals surface area contributed by atoms with Gasteiger partial charge in [0.15, 0.2) is 0 Å². The molecule has 1 amide bonds. The smallest absolute Gasteiger partial charge is 0.410 e. The standard InChI is InChI=1S/C21H32N2O6S/c1-15-12-17(19(24)28-6)9-10-18(15)30(26,27)23-11-7-8-16(14-23)13-22(5)20(25)29-21(2,3)4/h9-10,12,16H,7-8,11,13-14H2,1-6H3. The second kappa shape index (κ2) is 9.34. The summed E-state index contributed by atoms with van der Waals surface area (Å²) in [7, 11) is -0.767. The van der Waals surface area contributed by atoms with Crippen LogP contribution in [0.25, 0.3) is 0 Å². The highest BCUT2D eigenvalue weighted by molar-refractivity contribution is 7.89. The summed E-state index contributed by atoms with van der Waals surface area (Å²) in [5.74, 6) is -0.494. The number of carbonyl (C=O) groups excluding carboxylic acids is 2. The van der Waals surface area contributed by atoms with E-state index >= 15 is 0 Å². The highest BCUT2D eigenvalue weighted by Crippen LogP contribution is 2.27. The first-order valence-electron chi connectivity index (χ1n) is 9.98. The lowest BCUT2D eigenvalue weighted by molar-refractivity contribution is 0.0258. The first-order valence-corrected chi connectivity index (χ1v) is 11.4. The van der Waals surface area contributed by atoms with Crippen LogP contribution in [0.1, 0.15) is 49.5 Å². The number of aryl methyl sites for hydroxylation is 1. The fraction of sp³-hybridized carbons (Fsp3) is 0.619. The summed E-state index contributed by atoms with van der Waals surface area (Å²) in [6.45, 7) is 8.25. The third-order valence-electron chi connectivity index (χ3n) is 4.93. The average molecular weight is 441 g/mol. The van der Waals surface area contributed by atoms with Crippen molar-refractivity contribution < 1.29 is 27.5 Å². The van der Waals surface area contributed by atoms with E-state index in [2.05, 4.69) is 0 Å². The average Bonchev–Trinajstić information content (AvgIpc) is 2.65. The number of ether oxygens (including phenoxy) is 2. The van der Waals surface area contributed by atoms with Crippen molar-refractivity contribution >= 4 is 22.1 Å². The first-order chi connectivity index (χ1) is 13.8. The zero-order chi connectivity index (χ0) is 22.7. The summed E-state index contributed by atoms with van der Waals surface area (Å²) in [6.07, 6.45) is 1.13. The van der Waals surface area contributed by atoms with Gasteiger partial charge in [0.2, 0.25) is 10.0 Å². The summed E-state index contributed by atoms with van der Waals surface area (Å²) < 4.78 is 38.0. The zero-order valence-corrected chi connectivity index (χ0v) is 19.4. The minimum absolute atomic E-state index is 0.0145.